The lowest BCUT2D eigenvalue weighted by molar-refractivity contribution is -0.140. The summed E-state index contributed by atoms with van der Waals surface area (Å²) >= 11 is 0. The van der Waals surface area contributed by atoms with Crippen LogP contribution in [0.25, 0.3) is 0 Å². The summed E-state index contributed by atoms with van der Waals surface area (Å²) < 4.78 is 0. The normalized spacial score (nSPS) is 11.3. The highest BCUT2D eigenvalue weighted by molar-refractivity contribution is 6.03. The van der Waals surface area contributed by atoms with Gasteiger partial charge in [-0.05, 0) is 31.5 Å². The molecule has 0 aromatic heterocycles. The molecular formula is C11H13NO4. The van der Waals surface area contributed by atoms with Crippen molar-refractivity contribution < 1.29 is 19.8 Å². The van der Waals surface area contributed by atoms with E-state index in [-0.39, 0.29) is 22.8 Å². The molecule has 0 atom stereocenters. The fourth-order valence-electron chi connectivity index (χ4n) is 1.30. The molecule has 0 amide bonds. The van der Waals surface area contributed by atoms with Gasteiger partial charge in [0.1, 0.15) is 11.5 Å². The lowest BCUT2D eigenvalue weighted by atomic mass is 10.1. The zero-order chi connectivity index (χ0) is 12.3. The number of carbonyl (C=O) groups is 1. The van der Waals surface area contributed by atoms with Gasteiger partial charge in [-0.15, -0.1) is 0 Å². The predicted molar refractivity (Wildman–Crippen MR) is 58.5 cm³/mol. The van der Waals surface area contributed by atoms with Gasteiger partial charge in [-0.25, -0.2) is 4.79 Å². The van der Waals surface area contributed by atoms with Crippen LogP contribution in [0.4, 0.5) is 0 Å². The van der Waals surface area contributed by atoms with E-state index in [1.807, 2.05) is 0 Å². The van der Waals surface area contributed by atoms with Crippen LogP contribution in [-0.2, 0) is 9.63 Å². The van der Waals surface area contributed by atoms with Gasteiger partial charge in [0.05, 0.1) is 11.3 Å². The molecule has 0 aliphatic carbocycles. The minimum Gasteiger partial charge on any atom is -0.507 e. The zero-order valence-corrected chi connectivity index (χ0v) is 9.31. The van der Waals surface area contributed by atoms with Crippen molar-refractivity contribution in [3.05, 3.63) is 23.3 Å². The number of hydrogen-bond donors (Lipinski definition) is 2. The number of oxime groups is 1. The van der Waals surface area contributed by atoms with Crippen molar-refractivity contribution in [2.75, 3.05) is 0 Å². The van der Waals surface area contributed by atoms with Gasteiger partial charge < -0.3 is 15.1 Å². The molecule has 2 N–H and O–H groups in total. The molecule has 0 saturated heterocycles. The van der Waals surface area contributed by atoms with Crippen LogP contribution < -0.4 is 0 Å². The number of aromatic hydroxyl groups is 2. The van der Waals surface area contributed by atoms with E-state index in [1.165, 1.54) is 26.0 Å². The number of phenolic OH excluding ortho intramolecular Hbond substituents is 2. The van der Waals surface area contributed by atoms with Gasteiger partial charge >= 0.3 is 5.97 Å². The summed E-state index contributed by atoms with van der Waals surface area (Å²) in [5.41, 5.74) is 1.11. The van der Waals surface area contributed by atoms with Crippen LogP contribution in [0.5, 0.6) is 11.5 Å². The standard InChI is InChI=1S/C11H13NO4/c1-6-4-9(14)11(10(15)5-6)7(2)12-16-8(3)13/h4-5,14-15H,1-3H3/b12-7+. The highest BCUT2D eigenvalue weighted by atomic mass is 16.7. The second-order valence-corrected chi connectivity index (χ2v) is 3.44. The Kier molecular flexibility index (Phi) is 3.50. The van der Waals surface area contributed by atoms with Gasteiger partial charge in [-0.1, -0.05) is 5.16 Å². The lowest BCUT2D eigenvalue weighted by Crippen LogP contribution is -2.00. The Labute approximate surface area is 93.0 Å². The highest BCUT2D eigenvalue weighted by Crippen LogP contribution is 2.29. The Morgan fingerprint density at radius 2 is 1.75 bits per heavy atom. The Balaban J connectivity index is 3.13. The summed E-state index contributed by atoms with van der Waals surface area (Å²) in [7, 11) is 0. The number of rotatable bonds is 2. The summed E-state index contributed by atoms with van der Waals surface area (Å²) in [6.45, 7) is 4.47. The number of hydrogen-bond acceptors (Lipinski definition) is 5. The van der Waals surface area contributed by atoms with Crippen molar-refractivity contribution in [3.8, 4) is 11.5 Å². The van der Waals surface area contributed by atoms with Gasteiger partial charge in [0.2, 0.25) is 0 Å². The minimum atomic E-state index is -0.564. The van der Waals surface area contributed by atoms with Gasteiger partial charge in [-0.3, -0.25) is 0 Å². The fourth-order valence-corrected chi connectivity index (χ4v) is 1.30. The first-order chi connectivity index (χ1) is 7.41. The van der Waals surface area contributed by atoms with E-state index in [4.69, 9.17) is 0 Å². The molecule has 0 unspecified atom stereocenters. The number of aryl methyl sites for hydroxylation is 1. The quantitative estimate of drug-likeness (QED) is 0.454. The molecule has 86 valence electrons. The van der Waals surface area contributed by atoms with Gasteiger partial charge in [0.15, 0.2) is 0 Å². The van der Waals surface area contributed by atoms with Crippen LogP contribution in [0.1, 0.15) is 25.0 Å². The molecule has 1 aromatic carbocycles. The first kappa shape index (κ1) is 12.0. The van der Waals surface area contributed by atoms with Crippen LogP contribution in [0, 0.1) is 6.92 Å². The molecular weight excluding hydrogens is 210 g/mol. The van der Waals surface area contributed by atoms with E-state index in [0.717, 1.165) is 5.56 Å². The predicted octanol–water partition coefficient (Wildman–Crippen LogP) is 1.69. The Bertz CT molecular complexity index is 428. The first-order valence-electron chi connectivity index (χ1n) is 4.67. The molecule has 16 heavy (non-hydrogen) atoms. The SMILES string of the molecule is CC(=O)O/N=C(\C)c1c(O)cc(C)cc1O. The number of benzene rings is 1. The maximum Gasteiger partial charge on any atom is 0.331 e. The highest BCUT2D eigenvalue weighted by Gasteiger charge is 2.12. The van der Waals surface area contributed by atoms with E-state index < -0.39 is 5.97 Å². The molecule has 0 aliphatic heterocycles. The Hall–Kier alpha value is -2.04. The average Bonchev–Trinajstić information content (AvgIpc) is 2.12. The van der Waals surface area contributed by atoms with Crippen LogP contribution in [-0.4, -0.2) is 21.9 Å². The molecule has 0 bridgehead atoms. The number of carbonyl (C=O) groups excluding carboxylic acids is 1. The molecule has 0 aliphatic rings. The first-order valence-corrected chi connectivity index (χ1v) is 4.67. The third-order valence-corrected chi connectivity index (χ3v) is 1.91. The van der Waals surface area contributed by atoms with E-state index in [9.17, 15) is 15.0 Å². The molecule has 0 radical (unpaired) electrons. The monoisotopic (exact) mass is 223 g/mol. The smallest absolute Gasteiger partial charge is 0.331 e. The van der Waals surface area contributed by atoms with Crippen molar-refractivity contribution in [3.63, 3.8) is 0 Å². The third kappa shape index (κ3) is 2.73. The summed E-state index contributed by atoms with van der Waals surface area (Å²) in [6, 6.07) is 2.98. The van der Waals surface area contributed by atoms with Crippen molar-refractivity contribution in [2.24, 2.45) is 5.16 Å². The molecule has 1 rings (SSSR count). The summed E-state index contributed by atoms with van der Waals surface area (Å²) in [5.74, 6) is -0.776. The third-order valence-electron chi connectivity index (χ3n) is 1.91. The zero-order valence-electron chi connectivity index (χ0n) is 9.31. The second-order valence-electron chi connectivity index (χ2n) is 3.44. The fraction of sp³-hybridized carbons (Fsp3) is 0.273. The summed E-state index contributed by atoms with van der Waals surface area (Å²) in [4.78, 5) is 15.0. The summed E-state index contributed by atoms with van der Waals surface area (Å²) in [5, 5.41) is 22.7. The van der Waals surface area contributed by atoms with Crippen molar-refractivity contribution in [1.29, 1.82) is 0 Å². The van der Waals surface area contributed by atoms with Crippen molar-refractivity contribution in [1.82, 2.24) is 0 Å². The Morgan fingerprint density at radius 3 is 2.19 bits per heavy atom. The van der Waals surface area contributed by atoms with E-state index in [2.05, 4.69) is 9.99 Å². The van der Waals surface area contributed by atoms with Gasteiger partial charge in [0, 0.05) is 6.92 Å². The average molecular weight is 223 g/mol. The van der Waals surface area contributed by atoms with Crippen molar-refractivity contribution >= 4 is 11.7 Å². The molecule has 5 nitrogen and oxygen atoms in total. The van der Waals surface area contributed by atoms with Crippen LogP contribution >= 0.6 is 0 Å². The Morgan fingerprint density at radius 1 is 1.25 bits per heavy atom. The molecule has 0 fully saturated rings. The van der Waals surface area contributed by atoms with Crippen molar-refractivity contribution in [2.45, 2.75) is 20.8 Å². The molecule has 1 aromatic rings. The maximum atomic E-state index is 10.5. The number of nitrogens with zero attached hydrogens (tertiary/aromatic N) is 1. The van der Waals surface area contributed by atoms with E-state index in [0.29, 0.717) is 0 Å². The van der Waals surface area contributed by atoms with E-state index >= 15 is 0 Å². The van der Waals surface area contributed by atoms with Crippen LogP contribution in [0.15, 0.2) is 17.3 Å². The second kappa shape index (κ2) is 4.65. The van der Waals surface area contributed by atoms with Gasteiger partial charge in [0.25, 0.3) is 0 Å². The largest absolute Gasteiger partial charge is 0.507 e. The maximum absolute atomic E-state index is 10.5. The van der Waals surface area contributed by atoms with Crippen LogP contribution in [0.3, 0.4) is 0 Å². The minimum absolute atomic E-state index is 0.106. The molecule has 0 heterocycles. The molecule has 5 heteroatoms. The van der Waals surface area contributed by atoms with Crippen LogP contribution in [0.2, 0.25) is 0 Å². The van der Waals surface area contributed by atoms with Gasteiger partial charge in [-0.2, -0.15) is 0 Å². The number of phenols is 2. The summed E-state index contributed by atoms with van der Waals surface area (Å²) in [6.07, 6.45) is 0. The molecule has 0 saturated carbocycles. The topological polar surface area (TPSA) is 79.1 Å². The lowest BCUT2D eigenvalue weighted by Gasteiger charge is -2.07. The molecule has 0 spiro atoms. The van der Waals surface area contributed by atoms with E-state index in [1.54, 1.807) is 6.92 Å².